The van der Waals surface area contributed by atoms with Crippen LogP contribution in [0.4, 0.5) is 0 Å². The lowest BCUT2D eigenvalue weighted by Crippen LogP contribution is -2.16. The zero-order valence-corrected chi connectivity index (χ0v) is 11.3. The minimum atomic E-state index is 0.860. The van der Waals surface area contributed by atoms with Crippen molar-refractivity contribution < 1.29 is 4.74 Å². The van der Waals surface area contributed by atoms with Crippen LogP contribution in [0, 0.1) is 6.92 Å². The summed E-state index contributed by atoms with van der Waals surface area (Å²) in [5.41, 5.74) is 2.39. The fourth-order valence-electron chi connectivity index (χ4n) is 1.69. The summed E-state index contributed by atoms with van der Waals surface area (Å²) >= 11 is 0. The van der Waals surface area contributed by atoms with Crippen molar-refractivity contribution in [2.45, 2.75) is 39.7 Å². The molecule has 4 nitrogen and oxygen atoms in total. The predicted octanol–water partition coefficient (Wildman–Crippen LogP) is 2.02. The van der Waals surface area contributed by atoms with Crippen LogP contribution in [-0.4, -0.2) is 29.5 Å². The maximum atomic E-state index is 5.50. The lowest BCUT2D eigenvalue weighted by molar-refractivity contribution is 0.129. The number of hydrogen-bond donors (Lipinski definition) is 1. The van der Waals surface area contributed by atoms with Crippen LogP contribution >= 0.6 is 0 Å². The van der Waals surface area contributed by atoms with E-state index in [1.165, 1.54) is 18.4 Å². The van der Waals surface area contributed by atoms with Gasteiger partial charge in [-0.05, 0) is 26.3 Å². The van der Waals surface area contributed by atoms with Gasteiger partial charge in [0, 0.05) is 38.6 Å². The van der Waals surface area contributed by atoms with Crippen LogP contribution < -0.4 is 5.32 Å². The summed E-state index contributed by atoms with van der Waals surface area (Å²) in [5.74, 6) is 0. The molecule has 1 rings (SSSR count). The largest absolute Gasteiger partial charge is 0.381 e. The van der Waals surface area contributed by atoms with E-state index < -0.39 is 0 Å². The van der Waals surface area contributed by atoms with Crippen LogP contribution in [0.2, 0.25) is 0 Å². The molecule has 1 aromatic heterocycles. The molecule has 17 heavy (non-hydrogen) atoms. The summed E-state index contributed by atoms with van der Waals surface area (Å²) < 4.78 is 7.36. The summed E-state index contributed by atoms with van der Waals surface area (Å²) in [6.07, 6.45) is 5.52. The van der Waals surface area contributed by atoms with E-state index >= 15 is 0 Å². The van der Waals surface area contributed by atoms with E-state index in [0.29, 0.717) is 0 Å². The van der Waals surface area contributed by atoms with Crippen molar-refractivity contribution in [3.63, 3.8) is 0 Å². The third kappa shape index (κ3) is 5.84. The highest BCUT2D eigenvalue weighted by molar-refractivity contribution is 5.14. The predicted molar refractivity (Wildman–Crippen MR) is 70.0 cm³/mol. The quantitative estimate of drug-likeness (QED) is 0.670. The second kappa shape index (κ2) is 8.25. The van der Waals surface area contributed by atoms with Crippen LogP contribution in [0.5, 0.6) is 0 Å². The molecule has 0 amide bonds. The van der Waals surface area contributed by atoms with Crippen molar-refractivity contribution in [2.24, 2.45) is 7.05 Å². The first-order chi connectivity index (χ1) is 8.24. The molecule has 0 saturated heterocycles. The minimum absolute atomic E-state index is 0.860. The van der Waals surface area contributed by atoms with Crippen LogP contribution in [-0.2, 0) is 18.3 Å². The van der Waals surface area contributed by atoms with E-state index in [0.717, 1.165) is 38.4 Å². The number of ether oxygens (including phenoxy) is 1. The highest BCUT2D eigenvalue weighted by Crippen LogP contribution is 2.03. The van der Waals surface area contributed by atoms with Gasteiger partial charge in [0.15, 0.2) is 0 Å². The van der Waals surface area contributed by atoms with Crippen LogP contribution in [0.15, 0.2) is 6.20 Å². The smallest absolute Gasteiger partial charge is 0.0638 e. The zero-order chi connectivity index (χ0) is 12.5. The third-order valence-corrected chi connectivity index (χ3v) is 2.72. The number of nitrogens with one attached hydrogen (secondary N) is 1. The number of unbranched alkanes of at least 4 members (excludes halogenated alkanes) is 1. The van der Waals surface area contributed by atoms with Crippen molar-refractivity contribution in [3.8, 4) is 0 Å². The number of aryl methyl sites for hydroxylation is 2. The first-order valence-electron chi connectivity index (χ1n) is 6.51. The Hall–Kier alpha value is -0.870. The number of hydrogen-bond acceptors (Lipinski definition) is 3. The van der Waals surface area contributed by atoms with Gasteiger partial charge in [0.1, 0.15) is 0 Å². The third-order valence-electron chi connectivity index (χ3n) is 2.72. The number of aromatic nitrogens is 2. The molecule has 0 bridgehead atoms. The Morgan fingerprint density at radius 1 is 1.35 bits per heavy atom. The molecule has 0 aliphatic rings. The Balaban J connectivity index is 1.99. The normalized spacial score (nSPS) is 11.0. The average molecular weight is 239 g/mol. The molecule has 1 heterocycles. The van der Waals surface area contributed by atoms with Gasteiger partial charge in [0.05, 0.1) is 5.69 Å². The highest BCUT2D eigenvalue weighted by Gasteiger charge is 2.01. The SMILES string of the molecule is CCCCOCCCNCc1cn(C)nc1C. The Kier molecular flexibility index (Phi) is 6.89. The van der Waals surface area contributed by atoms with Crippen LogP contribution in [0.1, 0.15) is 37.4 Å². The van der Waals surface area contributed by atoms with Crippen molar-refractivity contribution in [2.75, 3.05) is 19.8 Å². The van der Waals surface area contributed by atoms with Crippen LogP contribution in [0.25, 0.3) is 0 Å². The maximum Gasteiger partial charge on any atom is 0.0638 e. The lowest BCUT2D eigenvalue weighted by atomic mass is 10.2. The average Bonchev–Trinajstić information content (AvgIpc) is 2.61. The topological polar surface area (TPSA) is 39.1 Å². The van der Waals surface area contributed by atoms with E-state index in [2.05, 4.69) is 23.5 Å². The second-order valence-electron chi connectivity index (χ2n) is 4.41. The Morgan fingerprint density at radius 3 is 2.76 bits per heavy atom. The molecule has 0 unspecified atom stereocenters. The molecule has 98 valence electrons. The molecule has 0 aliphatic carbocycles. The summed E-state index contributed by atoms with van der Waals surface area (Å²) in [6, 6.07) is 0. The summed E-state index contributed by atoms with van der Waals surface area (Å²) in [5, 5.41) is 7.73. The second-order valence-corrected chi connectivity index (χ2v) is 4.41. The molecule has 0 aliphatic heterocycles. The van der Waals surface area contributed by atoms with Gasteiger partial charge in [-0.25, -0.2) is 0 Å². The summed E-state index contributed by atoms with van der Waals surface area (Å²) in [7, 11) is 1.96. The molecule has 0 atom stereocenters. The first kappa shape index (κ1) is 14.2. The molecule has 0 aromatic carbocycles. The van der Waals surface area contributed by atoms with Gasteiger partial charge in [-0.2, -0.15) is 5.10 Å². The van der Waals surface area contributed by atoms with Crippen molar-refractivity contribution >= 4 is 0 Å². The fraction of sp³-hybridized carbons (Fsp3) is 0.769. The monoisotopic (exact) mass is 239 g/mol. The number of nitrogens with zero attached hydrogens (tertiary/aromatic N) is 2. The van der Waals surface area contributed by atoms with E-state index in [1.54, 1.807) is 0 Å². The molecule has 0 fully saturated rings. The van der Waals surface area contributed by atoms with Gasteiger partial charge < -0.3 is 10.1 Å². The highest BCUT2D eigenvalue weighted by atomic mass is 16.5. The van der Waals surface area contributed by atoms with Gasteiger partial charge in [0.25, 0.3) is 0 Å². The molecular weight excluding hydrogens is 214 g/mol. The first-order valence-corrected chi connectivity index (χ1v) is 6.51. The van der Waals surface area contributed by atoms with Gasteiger partial charge in [-0.1, -0.05) is 13.3 Å². The summed E-state index contributed by atoms with van der Waals surface area (Å²) in [4.78, 5) is 0. The van der Waals surface area contributed by atoms with E-state index in [-0.39, 0.29) is 0 Å². The molecule has 0 saturated carbocycles. The maximum absolute atomic E-state index is 5.50. The molecule has 1 N–H and O–H groups in total. The van der Waals surface area contributed by atoms with Gasteiger partial charge in [-0.3, -0.25) is 4.68 Å². The van der Waals surface area contributed by atoms with Gasteiger partial charge >= 0.3 is 0 Å². The standard InChI is InChI=1S/C13H25N3O/c1-4-5-8-17-9-6-7-14-10-13-11-16(3)15-12(13)2/h11,14H,4-10H2,1-3H3. The van der Waals surface area contributed by atoms with Crippen molar-refractivity contribution in [1.29, 1.82) is 0 Å². The summed E-state index contributed by atoms with van der Waals surface area (Å²) in [6.45, 7) is 7.89. The van der Waals surface area contributed by atoms with Gasteiger partial charge in [0.2, 0.25) is 0 Å². The Bertz CT molecular complexity index is 310. The van der Waals surface area contributed by atoms with Crippen molar-refractivity contribution in [1.82, 2.24) is 15.1 Å². The molecule has 0 radical (unpaired) electrons. The Morgan fingerprint density at radius 2 is 2.12 bits per heavy atom. The zero-order valence-electron chi connectivity index (χ0n) is 11.3. The Labute approximate surface area is 104 Å². The molecule has 4 heteroatoms. The van der Waals surface area contributed by atoms with E-state index in [9.17, 15) is 0 Å². The number of rotatable bonds is 9. The van der Waals surface area contributed by atoms with Crippen molar-refractivity contribution in [3.05, 3.63) is 17.5 Å². The lowest BCUT2D eigenvalue weighted by Gasteiger charge is -2.05. The van der Waals surface area contributed by atoms with E-state index in [4.69, 9.17) is 4.74 Å². The molecule has 1 aromatic rings. The van der Waals surface area contributed by atoms with Crippen LogP contribution in [0.3, 0.4) is 0 Å². The minimum Gasteiger partial charge on any atom is -0.381 e. The van der Waals surface area contributed by atoms with Gasteiger partial charge in [-0.15, -0.1) is 0 Å². The molecule has 0 spiro atoms. The molecular formula is C13H25N3O. The fourth-order valence-corrected chi connectivity index (χ4v) is 1.69. The van der Waals surface area contributed by atoms with E-state index in [1.807, 2.05) is 18.7 Å².